The average molecular weight is 360 g/mol. The molecule has 0 saturated carbocycles. The predicted octanol–water partition coefficient (Wildman–Crippen LogP) is 6.20. The summed E-state index contributed by atoms with van der Waals surface area (Å²) in [6.07, 6.45) is 0.872. The summed E-state index contributed by atoms with van der Waals surface area (Å²) >= 11 is 15.5. The Morgan fingerprint density at radius 2 is 1.89 bits per heavy atom. The summed E-state index contributed by atoms with van der Waals surface area (Å²) in [5.74, 6) is 1.94. The maximum Gasteiger partial charge on any atom is 0.132 e. The largest absolute Gasteiger partial charge is 0.457 e. The van der Waals surface area contributed by atoms with Crippen molar-refractivity contribution in [2.24, 2.45) is 0 Å². The van der Waals surface area contributed by atoms with Gasteiger partial charge in [-0.1, -0.05) is 40.5 Å². The van der Waals surface area contributed by atoms with Crippen molar-refractivity contribution in [3.8, 4) is 11.5 Å². The third kappa shape index (κ3) is 3.65. The van der Waals surface area contributed by atoms with E-state index < -0.39 is 0 Å². The first-order valence-electron chi connectivity index (χ1n) is 5.94. The molecule has 0 fully saturated rings. The Bertz CT molecular complexity index is 584. The van der Waals surface area contributed by atoms with Crippen LogP contribution in [-0.4, -0.2) is 0 Å². The Morgan fingerprint density at radius 3 is 2.58 bits per heavy atom. The molecule has 0 unspecified atom stereocenters. The molecule has 0 bridgehead atoms. The second-order valence-electron chi connectivity index (χ2n) is 4.09. The van der Waals surface area contributed by atoms with Crippen LogP contribution in [0.2, 0.25) is 5.02 Å². The molecule has 19 heavy (non-hydrogen) atoms. The van der Waals surface area contributed by atoms with Gasteiger partial charge in [0.2, 0.25) is 0 Å². The Kier molecular flexibility index (Phi) is 5.14. The van der Waals surface area contributed by atoms with E-state index in [1.54, 1.807) is 0 Å². The first-order valence-corrected chi connectivity index (χ1v) is 7.65. The van der Waals surface area contributed by atoms with Crippen LogP contribution in [0.1, 0.15) is 18.1 Å². The normalized spacial score (nSPS) is 10.5. The molecule has 0 spiro atoms. The minimum atomic E-state index is 0.414. The summed E-state index contributed by atoms with van der Waals surface area (Å²) in [6.45, 7) is 2.06. The first kappa shape index (κ1) is 14.7. The van der Waals surface area contributed by atoms with E-state index in [1.807, 2.05) is 36.4 Å². The Balaban J connectivity index is 2.33. The van der Waals surface area contributed by atoms with Gasteiger partial charge in [-0.3, -0.25) is 0 Å². The molecule has 2 rings (SSSR count). The number of alkyl halides is 1. The van der Waals surface area contributed by atoms with Crippen molar-refractivity contribution in [1.82, 2.24) is 0 Å². The van der Waals surface area contributed by atoms with Gasteiger partial charge in [-0.25, -0.2) is 0 Å². The molecule has 0 atom stereocenters. The summed E-state index contributed by atoms with van der Waals surface area (Å²) in [6, 6.07) is 11.5. The number of halogens is 3. The highest BCUT2D eigenvalue weighted by Crippen LogP contribution is 2.31. The van der Waals surface area contributed by atoms with Crippen molar-refractivity contribution >= 4 is 39.1 Å². The number of hydrogen-bond acceptors (Lipinski definition) is 1. The van der Waals surface area contributed by atoms with E-state index in [4.69, 9.17) is 27.9 Å². The quantitative estimate of drug-likeness (QED) is 0.591. The van der Waals surface area contributed by atoms with Crippen molar-refractivity contribution in [3.63, 3.8) is 0 Å². The van der Waals surface area contributed by atoms with E-state index in [9.17, 15) is 0 Å². The molecule has 0 aliphatic heterocycles. The van der Waals surface area contributed by atoms with Crippen LogP contribution in [0.3, 0.4) is 0 Å². The molecule has 0 aliphatic carbocycles. The van der Waals surface area contributed by atoms with Crippen LogP contribution in [0.4, 0.5) is 0 Å². The average Bonchev–Trinajstić information content (AvgIpc) is 2.41. The molecule has 0 aliphatic rings. The van der Waals surface area contributed by atoms with Gasteiger partial charge >= 0.3 is 0 Å². The molecule has 0 aromatic heterocycles. The lowest BCUT2D eigenvalue weighted by molar-refractivity contribution is 0.477. The number of hydrogen-bond donors (Lipinski definition) is 0. The molecule has 0 amide bonds. The molecular weight excluding hydrogens is 347 g/mol. The second-order valence-corrected chi connectivity index (χ2v) is 5.68. The summed E-state index contributed by atoms with van der Waals surface area (Å²) < 4.78 is 6.86. The van der Waals surface area contributed by atoms with Crippen molar-refractivity contribution in [2.75, 3.05) is 0 Å². The fourth-order valence-corrected chi connectivity index (χ4v) is 2.56. The van der Waals surface area contributed by atoms with Crippen molar-refractivity contribution < 1.29 is 4.74 Å². The lowest BCUT2D eigenvalue weighted by atomic mass is 10.1. The zero-order chi connectivity index (χ0) is 13.8. The van der Waals surface area contributed by atoms with Crippen LogP contribution < -0.4 is 4.74 Å². The third-order valence-electron chi connectivity index (χ3n) is 2.80. The fraction of sp³-hybridized carbons (Fsp3) is 0.200. The third-order valence-corrected chi connectivity index (χ3v) is 3.95. The number of rotatable bonds is 4. The highest BCUT2D eigenvalue weighted by Gasteiger charge is 2.07. The Morgan fingerprint density at radius 1 is 1.11 bits per heavy atom. The SMILES string of the molecule is CCc1cc(Oc2cc(Br)ccc2CCl)ccc1Cl. The lowest BCUT2D eigenvalue weighted by Crippen LogP contribution is -1.91. The molecule has 4 heteroatoms. The molecule has 0 radical (unpaired) electrons. The van der Waals surface area contributed by atoms with Crippen molar-refractivity contribution in [3.05, 3.63) is 57.0 Å². The van der Waals surface area contributed by atoms with E-state index in [2.05, 4.69) is 22.9 Å². The van der Waals surface area contributed by atoms with Gasteiger partial charge in [0.1, 0.15) is 11.5 Å². The van der Waals surface area contributed by atoms with Gasteiger partial charge < -0.3 is 4.74 Å². The van der Waals surface area contributed by atoms with E-state index in [-0.39, 0.29) is 0 Å². The zero-order valence-corrected chi connectivity index (χ0v) is 13.5. The topological polar surface area (TPSA) is 9.23 Å². The molecule has 0 saturated heterocycles. The van der Waals surface area contributed by atoms with Gasteiger partial charge in [0.15, 0.2) is 0 Å². The summed E-state index contributed by atoms with van der Waals surface area (Å²) in [5.41, 5.74) is 2.03. The van der Waals surface area contributed by atoms with Crippen LogP contribution in [-0.2, 0) is 12.3 Å². The van der Waals surface area contributed by atoms with E-state index in [0.717, 1.165) is 38.5 Å². The zero-order valence-electron chi connectivity index (χ0n) is 10.4. The first-order chi connectivity index (χ1) is 9.13. The maximum absolute atomic E-state index is 6.10. The second kappa shape index (κ2) is 6.65. The molecule has 2 aromatic rings. The standard InChI is InChI=1S/C15H13BrCl2O/c1-2-10-7-13(5-6-14(10)18)19-15-8-12(16)4-3-11(15)9-17/h3-8H,2,9H2,1H3. The van der Waals surface area contributed by atoms with Crippen LogP contribution in [0, 0.1) is 0 Å². The highest BCUT2D eigenvalue weighted by atomic mass is 79.9. The van der Waals surface area contributed by atoms with Gasteiger partial charge in [-0.2, -0.15) is 0 Å². The van der Waals surface area contributed by atoms with Gasteiger partial charge in [0, 0.05) is 15.1 Å². The number of ether oxygens (including phenoxy) is 1. The minimum Gasteiger partial charge on any atom is -0.457 e. The van der Waals surface area contributed by atoms with Crippen LogP contribution in [0.25, 0.3) is 0 Å². The Labute approximate surface area is 131 Å². The van der Waals surface area contributed by atoms with Crippen LogP contribution >= 0.6 is 39.1 Å². The summed E-state index contributed by atoms with van der Waals surface area (Å²) in [4.78, 5) is 0. The van der Waals surface area contributed by atoms with E-state index in [0.29, 0.717) is 5.88 Å². The molecule has 1 nitrogen and oxygen atoms in total. The van der Waals surface area contributed by atoms with Crippen molar-refractivity contribution in [2.45, 2.75) is 19.2 Å². The molecule has 2 aromatic carbocycles. The molecule has 100 valence electrons. The van der Waals surface area contributed by atoms with Gasteiger partial charge in [-0.05, 0) is 42.3 Å². The highest BCUT2D eigenvalue weighted by molar-refractivity contribution is 9.10. The van der Waals surface area contributed by atoms with Gasteiger partial charge in [0.25, 0.3) is 0 Å². The van der Waals surface area contributed by atoms with Gasteiger partial charge in [0.05, 0.1) is 5.88 Å². The molecular formula is C15H13BrCl2O. The summed E-state index contributed by atoms with van der Waals surface area (Å²) in [5, 5.41) is 0.765. The van der Waals surface area contributed by atoms with Crippen LogP contribution in [0.5, 0.6) is 11.5 Å². The molecule has 0 N–H and O–H groups in total. The smallest absolute Gasteiger partial charge is 0.132 e. The van der Waals surface area contributed by atoms with Crippen LogP contribution in [0.15, 0.2) is 40.9 Å². The monoisotopic (exact) mass is 358 g/mol. The summed E-state index contributed by atoms with van der Waals surface area (Å²) in [7, 11) is 0. The number of aryl methyl sites for hydroxylation is 1. The maximum atomic E-state index is 6.10. The predicted molar refractivity (Wildman–Crippen MR) is 84.6 cm³/mol. The fourth-order valence-electron chi connectivity index (χ4n) is 1.75. The Hall–Kier alpha value is -0.700. The van der Waals surface area contributed by atoms with E-state index >= 15 is 0 Å². The van der Waals surface area contributed by atoms with E-state index in [1.165, 1.54) is 0 Å². The molecule has 0 heterocycles. The van der Waals surface area contributed by atoms with Crippen molar-refractivity contribution in [1.29, 1.82) is 0 Å². The van der Waals surface area contributed by atoms with Gasteiger partial charge in [-0.15, -0.1) is 11.6 Å². The lowest BCUT2D eigenvalue weighted by Gasteiger charge is -2.11. The number of benzene rings is 2. The minimum absolute atomic E-state index is 0.414.